The Labute approximate surface area is 170 Å². The average Bonchev–Trinajstić information content (AvgIpc) is 2.69. The van der Waals surface area contributed by atoms with Crippen LogP contribution >= 0.6 is 11.6 Å². The van der Waals surface area contributed by atoms with Gasteiger partial charge in [-0.3, -0.25) is 9.69 Å². The summed E-state index contributed by atoms with van der Waals surface area (Å²) >= 11 is 6.36. The minimum absolute atomic E-state index is 0.0469. The fourth-order valence-electron chi connectivity index (χ4n) is 3.61. The van der Waals surface area contributed by atoms with Crippen molar-refractivity contribution in [2.24, 2.45) is 0 Å². The Morgan fingerprint density at radius 1 is 1.32 bits per heavy atom. The topological polar surface area (TPSA) is 53.0 Å². The molecule has 1 saturated heterocycles. The summed E-state index contributed by atoms with van der Waals surface area (Å²) in [6, 6.07) is 6.56. The van der Waals surface area contributed by atoms with Crippen LogP contribution in [-0.2, 0) is 16.1 Å². The van der Waals surface area contributed by atoms with Crippen molar-refractivity contribution in [2.75, 3.05) is 32.8 Å². The van der Waals surface area contributed by atoms with Gasteiger partial charge in [-0.1, -0.05) is 36.4 Å². The molecule has 0 aromatic heterocycles. The van der Waals surface area contributed by atoms with Crippen LogP contribution in [0.15, 0.2) is 48.6 Å². The first-order valence-corrected chi connectivity index (χ1v) is 9.83. The van der Waals surface area contributed by atoms with Crippen molar-refractivity contribution < 1.29 is 19.0 Å². The predicted molar refractivity (Wildman–Crippen MR) is 107 cm³/mol. The van der Waals surface area contributed by atoms with E-state index in [2.05, 4.69) is 4.90 Å². The number of ether oxygens (including phenoxy) is 1. The van der Waals surface area contributed by atoms with Crippen molar-refractivity contribution in [3.05, 3.63) is 60.0 Å². The fourth-order valence-corrected chi connectivity index (χ4v) is 3.82. The predicted octanol–water partition coefficient (Wildman–Crippen LogP) is 2.34. The number of benzene rings is 1. The van der Waals surface area contributed by atoms with Crippen molar-refractivity contribution in [3.63, 3.8) is 0 Å². The average molecular weight is 409 g/mol. The Hall–Kier alpha value is -1.73. The number of hydrogen-bond donors (Lipinski definition) is 1. The van der Waals surface area contributed by atoms with Crippen molar-refractivity contribution in [1.82, 2.24) is 9.80 Å². The highest BCUT2D eigenvalue weighted by atomic mass is 35.5. The van der Waals surface area contributed by atoms with E-state index in [1.807, 2.05) is 11.8 Å². The van der Waals surface area contributed by atoms with Gasteiger partial charge in [0, 0.05) is 32.2 Å². The lowest BCUT2D eigenvalue weighted by Gasteiger charge is -2.40. The maximum Gasteiger partial charge on any atom is 0.248 e. The largest absolute Gasteiger partial charge is 0.394 e. The standard InChI is InChI=1S/C21H26ClFN2O3/c1-16-12-24(13-17-5-7-18(23)8-6-17)10-11-25(16)20(27)14-28-19-4-2-3-9-21(19,22)15-26/h2-9,16,19,26H,10-15H2,1H3. The van der Waals surface area contributed by atoms with Crippen LogP contribution in [0.1, 0.15) is 12.5 Å². The lowest BCUT2D eigenvalue weighted by Crippen LogP contribution is -2.55. The number of alkyl halides is 1. The van der Waals surface area contributed by atoms with Crippen LogP contribution in [0.25, 0.3) is 0 Å². The Balaban J connectivity index is 1.50. The maximum atomic E-state index is 13.0. The molecule has 1 aliphatic carbocycles. The zero-order valence-electron chi connectivity index (χ0n) is 15.9. The van der Waals surface area contributed by atoms with Crippen molar-refractivity contribution in [1.29, 1.82) is 0 Å². The number of piperazine rings is 1. The molecule has 28 heavy (non-hydrogen) atoms. The molecule has 3 atom stereocenters. The number of aliphatic hydroxyl groups excluding tert-OH is 1. The van der Waals surface area contributed by atoms with E-state index >= 15 is 0 Å². The number of amides is 1. The van der Waals surface area contributed by atoms with Gasteiger partial charge in [-0.15, -0.1) is 11.6 Å². The van der Waals surface area contributed by atoms with E-state index in [0.717, 1.165) is 25.2 Å². The lowest BCUT2D eigenvalue weighted by atomic mass is 9.97. The molecule has 1 heterocycles. The monoisotopic (exact) mass is 408 g/mol. The molecule has 1 N–H and O–H groups in total. The van der Waals surface area contributed by atoms with Gasteiger partial charge in [0.2, 0.25) is 5.91 Å². The second kappa shape index (κ2) is 9.18. The SMILES string of the molecule is CC1CN(Cc2ccc(F)cc2)CCN1C(=O)COC1C=CC=CC1(Cl)CO. The number of carbonyl (C=O) groups excluding carboxylic acids is 1. The zero-order chi connectivity index (χ0) is 20.1. The molecule has 7 heteroatoms. The normalized spacial score (nSPS) is 27.9. The second-order valence-electron chi connectivity index (χ2n) is 7.36. The van der Waals surface area contributed by atoms with Gasteiger partial charge >= 0.3 is 0 Å². The lowest BCUT2D eigenvalue weighted by molar-refractivity contribution is -0.142. The van der Waals surface area contributed by atoms with Crippen molar-refractivity contribution in [2.45, 2.75) is 30.5 Å². The first-order valence-electron chi connectivity index (χ1n) is 9.45. The van der Waals surface area contributed by atoms with E-state index in [9.17, 15) is 14.3 Å². The first-order chi connectivity index (χ1) is 13.4. The van der Waals surface area contributed by atoms with Gasteiger partial charge in [-0.05, 0) is 24.6 Å². The number of halogens is 2. The molecule has 3 rings (SSSR count). The number of carbonyl (C=O) groups is 1. The highest BCUT2D eigenvalue weighted by Gasteiger charge is 2.36. The molecule has 1 aromatic carbocycles. The summed E-state index contributed by atoms with van der Waals surface area (Å²) in [5.74, 6) is -0.327. The molecule has 3 unspecified atom stereocenters. The Kier molecular flexibility index (Phi) is 6.88. The van der Waals surface area contributed by atoms with Crippen LogP contribution in [-0.4, -0.2) is 70.7 Å². The third-order valence-corrected chi connectivity index (χ3v) is 5.68. The number of rotatable bonds is 6. The zero-order valence-corrected chi connectivity index (χ0v) is 16.7. The summed E-state index contributed by atoms with van der Waals surface area (Å²) in [5.41, 5.74) is 1.05. The molecule has 0 spiro atoms. The molecular formula is C21H26ClFN2O3. The van der Waals surface area contributed by atoms with Gasteiger partial charge in [-0.25, -0.2) is 4.39 Å². The van der Waals surface area contributed by atoms with Gasteiger partial charge in [-0.2, -0.15) is 0 Å². The van der Waals surface area contributed by atoms with E-state index in [-0.39, 0.29) is 31.0 Å². The third-order valence-electron chi connectivity index (χ3n) is 5.22. The third kappa shape index (κ3) is 5.00. The van der Waals surface area contributed by atoms with Gasteiger partial charge < -0.3 is 14.7 Å². The molecule has 0 radical (unpaired) electrons. The molecule has 152 valence electrons. The molecule has 2 aliphatic rings. The van der Waals surface area contributed by atoms with Gasteiger partial charge in [0.25, 0.3) is 0 Å². The Bertz CT molecular complexity index is 740. The number of allylic oxidation sites excluding steroid dienone is 2. The fraction of sp³-hybridized carbons (Fsp3) is 0.476. The number of hydrogen-bond acceptors (Lipinski definition) is 4. The van der Waals surface area contributed by atoms with E-state index < -0.39 is 11.0 Å². The molecule has 1 amide bonds. The summed E-state index contributed by atoms with van der Waals surface area (Å²) in [6.45, 7) is 4.48. The van der Waals surface area contributed by atoms with Crippen LogP contribution in [0.3, 0.4) is 0 Å². The minimum atomic E-state index is -1.03. The highest BCUT2D eigenvalue weighted by Crippen LogP contribution is 2.28. The molecule has 1 aliphatic heterocycles. The quantitative estimate of drug-likeness (QED) is 0.734. The molecular weight excluding hydrogens is 383 g/mol. The minimum Gasteiger partial charge on any atom is -0.394 e. The molecule has 1 aromatic rings. The Morgan fingerprint density at radius 2 is 2.07 bits per heavy atom. The number of aliphatic hydroxyl groups is 1. The maximum absolute atomic E-state index is 13.0. The second-order valence-corrected chi connectivity index (χ2v) is 8.06. The van der Waals surface area contributed by atoms with Crippen LogP contribution in [0.5, 0.6) is 0 Å². The first kappa shape index (κ1) is 21.0. The van der Waals surface area contributed by atoms with Gasteiger partial charge in [0.1, 0.15) is 23.4 Å². The van der Waals surface area contributed by atoms with Gasteiger partial charge in [0.15, 0.2) is 0 Å². The van der Waals surface area contributed by atoms with Crippen LogP contribution in [0, 0.1) is 5.82 Å². The van der Waals surface area contributed by atoms with E-state index in [1.54, 1.807) is 36.4 Å². The van der Waals surface area contributed by atoms with Crippen LogP contribution in [0.2, 0.25) is 0 Å². The summed E-state index contributed by atoms with van der Waals surface area (Å²) in [4.78, 5) is 15.7. The van der Waals surface area contributed by atoms with Gasteiger partial charge in [0.05, 0.1) is 6.61 Å². The van der Waals surface area contributed by atoms with E-state index in [1.165, 1.54) is 12.1 Å². The van der Waals surface area contributed by atoms with Crippen LogP contribution < -0.4 is 0 Å². The summed E-state index contributed by atoms with van der Waals surface area (Å²) in [5, 5.41) is 9.52. The van der Waals surface area contributed by atoms with Crippen molar-refractivity contribution >= 4 is 17.5 Å². The van der Waals surface area contributed by atoms with Crippen LogP contribution in [0.4, 0.5) is 4.39 Å². The van der Waals surface area contributed by atoms with E-state index in [4.69, 9.17) is 16.3 Å². The molecule has 1 fully saturated rings. The smallest absolute Gasteiger partial charge is 0.248 e. The summed E-state index contributed by atoms with van der Waals surface area (Å²) < 4.78 is 18.8. The number of nitrogens with zero attached hydrogens (tertiary/aromatic N) is 2. The molecule has 5 nitrogen and oxygen atoms in total. The summed E-state index contributed by atoms with van der Waals surface area (Å²) in [7, 11) is 0. The highest BCUT2D eigenvalue weighted by molar-refractivity contribution is 6.26. The summed E-state index contributed by atoms with van der Waals surface area (Å²) in [6.07, 6.45) is 6.43. The van der Waals surface area contributed by atoms with E-state index in [0.29, 0.717) is 6.54 Å². The molecule has 0 saturated carbocycles. The van der Waals surface area contributed by atoms with Crippen molar-refractivity contribution in [3.8, 4) is 0 Å². The molecule has 0 bridgehead atoms. The Morgan fingerprint density at radius 3 is 2.75 bits per heavy atom.